The fraction of sp³-hybridized carbons (Fsp3) is 0.188. The molecule has 124 valence electrons. The summed E-state index contributed by atoms with van der Waals surface area (Å²) < 4.78 is 26.7. The Morgan fingerprint density at radius 2 is 1.75 bits per heavy atom. The van der Waals surface area contributed by atoms with E-state index in [2.05, 4.69) is 15.0 Å². The Morgan fingerprint density at radius 3 is 2.42 bits per heavy atom. The Balaban J connectivity index is 1.81. The molecular formula is C16H14F2N4S2. The third-order valence-corrected chi connectivity index (χ3v) is 5.11. The van der Waals surface area contributed by atoms with Crippen LogP contribution in [0.3, 0.4) is 0 Å². The van der Waals surface area contributed by atoms with Crippen molar-refractivity contribution in [1.82, 2.24) is 15.0 Å². The van der Waals surface area contributed by atoms with Crippen molar-refractivity contribution < 1.29 is 8.78 Å². The van der Waals surface area contributed by atoms with E-state index in [0.29, 0.717) is 27.3 Å². The molecule has 0 saturated heterocycles. The van der Waals surface area contributed by atoms with E-state index < -0.39 is 11.6 Å². The van der Waals surface area contributed by atoms with Crippen LogP contribution in [0.15, 0.2) is 29.4 Å². The molecule has 3 rings (SSSR count). The van der Waals surface area contributed by atoms with Crippen LogP contribution in [0.2, 0.25) is 0 Å². The predicted molar refractivity (Wildman–Crippen MR) is 92.9 cm³/mol. The highest BCUT2D eigenvalue weighted by atomic mass is 32.2. The number of halogens is 2. The number of aromatic nitrogens is 3. The van der Waals surface area contributed by atoms with Crippen molar-refractivity contribution in [3.05, 3.63) is 52.2 Å². The van der Waals surface area contributed by atoms with Gasteiger partial charge in [-0.2, -0.15) is 0 Å². The van der Waals surface area contributed by atoms with Gasteiger partial charge in [-0.15, -0.1) is 11.3 Å². The minimum Gasteiger partial charge on any atom is -0.384 e. The number of hydrogen-bond donors (Lipinski definition) is 1. The molecule has 2 heterocycles. The summed E-state index contributed by atoms with van der Waals surface area (Å²) >= 11 is 2.83. The van der Waals surface area contributed by atoms with Gasteiger partial charge in [0.15, 0.2) is 5.16 Å². The van der Waals surface area contributed by atoms with Gasteiger partial charge in [0.25, 0.3) is 0 Å². The van der Waals surface area contributed by atoms with Crippen molar-refractivity contribution in [2.75, 3.05) is 5.73 Å². The van der Waals surface area contributed by atoms with Gasteiger partial charge >= 0.3 is 0 Å². The highest BCUT2D eigenvalue weighted by Gasteiger charge is 2.13. The first-order chi connectivity index (χ1) is 11.4. The number of thioether (sulfide) groups is 1. The smallest absolute Gasteiger partial charge is 0.190 e. The van der Waals surface area contributed by atoms with Crippen LogP contribution in [0.25, 0.3) is 10.6 Å². The van der Waals surface area contributed by atoms with Crippen molar-refractivity contribution in [3.8, 4) is 10.6 Å². The molecule has 0 amide bonds. The monoisotopic (exact) mass is 364 g/mol. The fourth-order valence-electron chi connectivity index (χ4n) is 2.13. The van der Waals surface area contributed by atoms with E-state index in [9.17, 15) is 8.78 Å². The van der Waals surface area contributed by atoms with Crippen LogP contribution < -0.4 is 5.73 Å². The highest BCUT2D eigenvalue weighted by molar-refractivity contribution is 7.98. The van der Waals surface area contributed by atoms with Gasteiger partial charge in [0.05, 0.1) is 5.69 Å². The maximum Gasteiger partial charge on any atom is 0.190 e. The Kier molecular flexibility index (Phi) is 4.77. The molecule has 0 aliphatic rings. The van der Waals surface area contributed by atoms with Crippen molar-refractivity contribution >= 4 is 28.9 Å². The third-order valence-electron chi connectivity index (χ3n) is 3.19. The number of anilines is 1. The maximum atomic E-state index is 13.4. The first kappa shape index (κ1) is 16.8. The van der Waals surface area contributed by atoms with Crippen LogP contribution in [0.5, 0.6) is 0 Å². The number of thiazole rings is 1. The predicted octanol–water partition coefficient (Wildman–Crippen LogP) is 4.37. The van der Waals surface area contributed by atoms with E-state index in [4.69, 9.17) is 5.73 Å². The number of nitrogen functional groups attached to an aromatic ring is 1. The summed E-state index contributed by atoms with van der Waals surface area (Å²) in [7, 11) is 0. The molecule has 0 spiro atoms. The van der Waals surface area contributed by atoms with Gasteiger partial charge in [-0.3, -0.25) is 0 Å². The molecule has 24 heavy (non-hydrogen) atoms. The molecule has 0 aliphatic heterocycles. The van der Waals surface area contributed by atoms with Crippen LogP contribution in [0.4, 0.5) is 14.6 Å². The van der Waals surface area contributed by atoms with E-state index in [0.717, 1.165) is 22.3 Å². The van der Waals surface area contributed by atoms with E-state index in [1.807, 2.05) is 13.8 Å². The molecular weight excluding hydrogens is 350 g/mol. The normalized spacial score (nSPS) is 11.0. The number of nitrogens with zero attached hydrogens (tertiary/aromatic N) is 3. The van der Waals surface area contributed by atoms with Crippen molar-refractivity contribution in [3.63, 3.8) is 0 Å². The molecule has 0 saturated carbocycles. The van der Waals surface area contributed by atoms with Crippen molar-refractivity contribution in [2.24, 2.45) is 0 Å². The zero-order valence-corrected chi connectivity index (χ0v) is 14.6. The maximum absolute atomic E-state index is 13.4. The number of rotatable bonds is 4. The second-order valence-electron chi connectivity index (χ2n) is 5.19. The van der Waals surface area contributed by atoms with E-state index in [-0.39, 0.29) is 0 Å². The van der Waals surface area contributed by atoms with Crippen LogP contribution in [-0.2, 0) is 5.75 Å². The van der Waals surface area contributed by atoms with E-state index >= 15 is 0 Å². The lowest BCUT2D eigenvalue weighted by Gasteiger charge is -2.02. The molecule has 4 nitrogen and oxygen atoms in total. The second kappa shape index (κ2) is 6.82. The van der Waals surface area contributed by atoms with Crippen LogP contribution in [0, 0.1) is 25.5 Å². The largest absolute Gasteiger partial charge is 0.384 e. The Bertz CT molecular complexity index is 855. The van der Waals surface area contributed by atoms with E-state index in [1.165, 1.54) is 35.2 Å². The quantitative estimate of drug-likeness (QED) is 0.550. The summed E-state index contributed by atoms with van der Waals surface area (Å²) in [6, 6.07) is 5.11. The summed E-state index contributed by atoms with van der Waals surface area (Å²) in [5.74, 6) is -0.242. The van der Waals surface area contributed by atoms with Gasteiger partial charge in [0, 0.05) is 34.0 Å². The summed E-state index contributed by atoms with van der Waals surface area (Å²) in [5, 5.41) is 1.17. The van der Waals surface area contributed by atoms with Crippen LogP contribution in [-0.4, -0.2) is 15.0 Å². The van der Waals surface area contributed by atoms with Gasteiger partial charge in [-0.25, -0.2) is 23.7 Å². The standard InChI is InChI=1S/C16H14F2N4S2/c1-8-3-14(19)22-16(20-8)23-7-13-9(2)24-15(21-13)10-4-11(17)6-12(18)5-10/h3-6H,7H2,1-2H3,(H2,19,20,22). The van der Waals surface area contributed by atoms with Crippen LogP contribution in [0.1, 0.15) is 16.3 Å². The topological polar surface area (TPSA) is 64.7 Å². The van der Waals surface area contributed by atoms with Gasteiger partial charge in [0.1, 0.15) is 22.5 Å². The molecule has 0 fully saturated rings. The van der Waals surface area contributed by atoms with Crippen LogP contribution >= 0.6 is 23.1 Å². The van der Waals surface area contributed by atoms with Crippen molar-refractivity contribution in [2.45, 2.75) is 24.8 Å². The summed E-state index contributed by atoms with van der Waals surface area (Å²) in [4.78, 5) is 14.0. The average Bonchev–Trinajstić information content (AvgIpc) is 2.84. The third kappa shape index (κ3) is 3.88. The number of hydrogen-bond acceptors (Lipinski definition) is 6. The minimum absolute atomic E-state index is 0.427. The number of nitrogens with two attached hydrogens (primary N) is 1. The van der Waals surface area contributed by atoms with Crippen molar-refractivity contribution in [1.29, 1.82) is 0 Å². The molecule has 1 aromatic carbocycles. The molecule has 0 aliphatic carbocycles. The van der Waals surface area contributed by atoms with Gasteiger partial charge in [0.2, 0.25) is 0 Å². The Labute approximate surface area is 146 Å². The lowest BCUT2D eigenvalue weighted by molar-refractivity contribution is 0.584. The van der Waals surface area contributed by atoms with Gasteiger partial charge in [-0.05, 0) is 26.0 Å². The summed E-state index contributed by atoms with van der Waals surface area (Å²) in [5.41, 5.74) is 7.80. The average molecular weight is 364 g/mol. The first-order valence-electron chi connectivity index (χ1n) is 7.07. The zero-order chi connectivity index (χ0) is 17.3. The SMILES string of the molecule is Cc1cc(N)nc(SCc2nc(-c3cc(F)cc(F)c3)sc2C)n1. The highest BCUT2D eigenvalue weighted by Crippen LogP contribution is 2.31. The number of benzene rings is 1. The molecule has 0 bridgehead atoms. The van der Waals surface area contributed by atoms with Gasteiger partial charge in [-0.1, -0.05) is 11.8 Å². The molecule has 8 heteroatoms. The molecule has 2 N–H and O–H groups in total. The molecule has 0 radical (unpaired) electrons. The lowest BCUT2D eigenvalue weighted by Crippen LogP contribution is -1.97. The molecule has 0 unspecified atom stereocenters. The van der Waals surface area contributed by atoms with E-state index in [1.54, 1.807) is 6.07 Å². The summed E-state index contributed by atoms with van der Waals surface area (Å²) in [6.07, 6.45) is 0. The fourth-order valence-corrected chi connectivity index (χ4v) is 4.06. The molecule has 3 aromatic rings. The summed E-state index contributed by atoms with van der Waals surface area (Å²) in [6.45, 7) is 3.78. The molecule has 0 atom stereocenters. The van der Waals surface area contributed by atoms with Gasteiger partial charge < -0.3 is 5.73 Å². The minimum atomic E-state index is -0.614. The Hall–Kier alpha value is -2.06. The first-order valence-corrected chi connectivity index (χ1v) is 8.87. The zero-order valence-electron chi connectivity index (χ0n) is 13.0. The molecule has 2 aromatic heterocycles. The lowest BCUT2D eigenvalue weighted by atomic mass is 10.2. The second-order valence-corrected chi connectivity index (χ2v) is 7.33. The Morgan fingerprint density at radius 1 is 1.04 bits per heavy atom. The number of aryl methyl sites for hydroxylation is 2.